The summed E-state index contributed by atoms with van der Waals surface area (Å²) in [4.78, 5) is 5.57. The van der Waals surface area contributed by atoms with E-state index in [1.54, 1.807) is 0 Å². The van der Waals surface area contributed by atoms with Crippen molar-refractivity contribution in [3.63, 3.8) is 0 Å². The van der Waals surface area contributed by atoms with Crippen LogP contribution in [-0.4, -0.2) is 23.3 Å². The molecule has 5 nitrogen and oxygen atoms in total. The van der Waals surface area contributed by atoms with E-state index in [9.17, 15) is 0 Å². The van der Waals surface area contributed by atoms with Gasteiger partial charge in [-0.05, 0) is 96.1 Å². The zero-order chi connectivity index (χ0) is 40.7. The molecule has 0 spiro atoms. The van der Waals surface area contributed by atoms with Gasteiger partial charge in [-0.2, -0.15) is 0 Å². The van der Waals surface area contributed by atoms with Gasteiger partial charge >= 0.3 is 0 Å². The summed E-state index contributed by atoms with van der Waals surface area (Å²) in [5.41, 5.74) is 15.6. The molecule has 0 aliphatic carbocycles. The molecule has 0 radical (unpaired) electrons. The number of rotatable bonds is 6. The third-order valence-electron chi connectivity index (χ3n) is 12.6. The average Bonchev–Trinajstić information content (AvgIpc) is 4.08. The van der Waals surface area contributed by atoms with Gasteiger partial charge in [-0.25, -0.2) is 4.98 Å². The molecule has 0 bridgehead atoms. The van der Waals surface area contributed by atoms with Crippen LogP contribution in [0.3, 0.4) is 0 Å². The molecule has 4 heterocycles. The van der Waals surface area contributed by atoms with Crippen LogP contribution in [0.15, 0.2) is 224 Å². The maximum atomic E-state index is 5.57. The highest BCUT2D eigenvalue weighted by atomic mass is 15.2. The third kappa shape index (κ3) is 5.06. The van der Waals surface area contributed by atoms with Gasteiger partial charge in [-0.1, -0.05) is 140 Å². The number of para-hydroxylation sites is 5. The molecule has 9 aromatic carbocycles. The first kappa shape index (κ1) is 34.5. The first-order chi connectivity index (χ1) is 30.8. The maximum absolute atomic E-state index is 5.57. The highest BCUT2D eigenvalue weighted by Crippen LogP contribution is 2.45. The Balaban J connectivity index is 1.14. The van der Waals surface area contributed by atoms with Gasteiger partial charge in [0.15, 0.2) is 5.65 Å². The van der Waals surface area contributed by atoms with Crippen LogP contribution in [0.5, 0.6) is 0 Å². The van der Waals surface area contributed by atoms with E-state index in [2.05, 4.69) is 243 Å². The third-order valence-corrected chi connectivity index (χ3v) is 12.6. The van der Waals surface area contributed by atoms with E-state index in [-0.39, 0.29) is 0 Å². The van der Waals surface area contributed by atoms with Crippen molar-refractivity contribution in [2.75, 3.05) is 0 Å². The monoisotopic (exact) mass is 791 g/mol. The molecular formula is C57H37N5. The van der Waals surface area contributed by atoms with Crippen LogP contribution in [0.4, 0.5) is 0 Å². The molecule has 4 aromatic heterocycles. The zero-order valence-electron chi connectivity index (χ0n) is 33.6. The number of hydrogen-bond donors (Lipinski definition) is 0. The molecule has 0 saturated heterocycles. The Morgan fingerprint density at radius 3 is 1.34 bits per heavy atom. The summed E-state index contributed by atoms with van der Waals surface area (Å²) in [7, 11) is 0. The Morgan fingerprint density at radius 1 is 0.274 bits per heavy atom. The Labute approximate surface area is 357 Å². The molecule has 62 heavy (non-hydrogen) atoms. The lowest BCUT2D eigenvalue weighted by atomic mass is 10.0. The van der Waals surface area contributed by atoms with Crippen LogP contribution in [0.1, 0.15) is 0 Å². The summed E-state index contributed by atoms with van der Waals surface area (Å²) in [6.45, 7) is 0. The van der Waals surface area contributed by atoms with Crippen LogP contribution in [0, 0.1) is 0 Å². The van der Waals surface area contributed by atoms with E-state index in [4.69, 9.17) is 4.98 Å². The van der Waals surface area contributed by atoms with Crippen molar-refractivity contribution >= 4 is 65.7 Å². The molecule has 13 aromatic rings. The molecule has 0 atom stereocenters. The molecule has 0 unspecified atom stereocenters. The van der Waals surface area contributed by atoms with Crippen molar-refractivity contribution in [2.24, 2.45) is 0 Å². The fourth-order valence-electron chi connectivity index (χ4n) is 9.90. The van der Waals surface area contributed by atoms with Crippen molar-refractivity contribution in [1.82, 2.24) is 23.3 Å². The molecule has 0 saturated carbocycles. The van der Waals surface area contributed by atoms with E-state index in [1.165, 1.54) is 43.7 Å². The van der Waals surface area contributed by atoms with E-state index in [0.717, 1.165) is 67.2 Å². The van der Waals surface area contributed by atoms with Gasteiger partial charge in [0.05, 0.1) is 33.0 Å². The minimum absolute atomic E-state index is 0.902. The quantitative estimate of drug-likeness (QED) is 0.165. The standard InChI is InChI=1S/C57H37N5/c1-6-18-38(19-7-1)56-58-57-55(62(56)44-26-14-5-15-27-44)53-52(61(57)43-24-12-4-13-25-43)35-32-46-48-37-40(31-34-51(48)60(54(46)53)42-22-10-3-11-23-42)39-30-33-50-47(36-39)45-28-16-17-29-49(45)59(50)41-20-8-2-9-21-41/h1-37H. The SMILES string of the molecule is c1ccc(-c2nc3c(c4c(ccc5c6cc(-c7ccc8c(c7)c7ccccc7n8-c7ccccc7)ccc6n(-c6ccccc6)c54)n3-c3ccccc3)n2-c2ccccc2)cc1. The number of benzene rings is 9. The summed E-state index contributed by atoms with van der Waals surface area (Å²) in [5.74, 6) is 0.902. The van der Waals surface area contributed by atoms with Crippen molar-refractivity contribution < 1.29 is 0 Å². The molecule has 5 heteroatoms. The lowest BCUT2D eigenvalue weighted by Gasteiger charge is -2.12. The van der Waals surface area contributed by atoms with E-state index >= 15 is 0 Å². The van der Waals surface area contributed by atoms with Gasteiger partial charge in [0.1, 0.15) is 11.3 Å². The van der Waals surface area contributed by atoms with E-state index < -0.39 is 0 Å². The number of hydrogen-bond acceptors (Lipinski definition) is 1. The van der Waals surface area contributed by atoms with Gasteiger partial charge < -0.3 is 9.13 Å². The summed E-state index contributed by atoms with van der Waals surface area (Å²) in [5, 5.41) is 6.02. The minimum atomic E-state index is 0.902. The zero-order valence-corrected chi connectivity index (χ0v) is 33.6. The molecule has 0 amide bonds. The number of nitrogens with zero attached hydrogens (tertiary/aromatic N) is 5. The highest BCUT2D eigenvalue weighted by molar-refractivity contribution is 6.26. The maximum Gasteiger partial charge on any atom is 0.165 e. The molecule has 0 fully saturated rings. The number of aromatic nitrogens is 5. The smallest absolute Gasteiger partial charge is 0.165 e. The molecule has 0 aliphatic rings. The Hall–Kier alpha value is -8.41. The first-order valence-corrected chi connectivity index (χ1v) is 21.1. The van der Waals surface area contributed by atoms with Crippen LogP contribution in [-0.2, 0) is 0 Å². The van der Waals surface area contributed by atoms with Gasteiger partial charge in [0.2, 0.25) is 0 Å². The van der Waals surface area contributed by atoms with Gasteiger partial charge in [0, 0.05) is 49.9 Å². The van der Waals surface area contributed by atoms with E-state index in [1.807, 2.05) is 0 Å². The Bertz CT molecular complexity index is 3820. The number of imidazole rings is 1. The molecule has 0 N–H and O–H groups in total. The second-order valence-corrected chi connectivity index (χ2v) is 16.0. The van der Waals surface area contributed by atoms with Crippen molar-refractivity contribution in [3.8, 4) is 45.3 Å². The molecule has 13 rings (SSSR count). The van der Waals surface area contributed by atoms with Crippen LogP contribution in [0.25, 0.3) is 111 Å². The lowest BCUT2D eigenvalue weighted by molar-refractivity contribution is 1.10. The predicted octanol–water partition coefficient (Wildman–Crippen LogP) is 14.5. The Morgan fingerprint density at radius 2 is 0.726 bits per heavy atom. The molecular weight excluding hydrogens is 755 g/mol. The number of fused-ring (bicyclic) bond motifs is 10. The fourth-order valence-corrected chi connectivity index (χ4v) is 9.90. The van der Waals surface area contributed by atoms with E-state index in [0.29, 0.717) is 0 Å². The summed E-state index contributed by atoms with van der Waals surface area (Å²) in [6.07, 6.45) is 0. The highest BCUT2D eigenvalue weighted by Gasteiger charge is 2.27. The predicted molar refractivity (Wildman–Crippen MR) is 257 cm³/mol. The largest absolute Gasteiger partial charge is 0.309 e. The average molecular weight is 792 g/mol. The van der Waals surface area contributed by atoms with Crippen molar-refractivity contribution in [3.05, 3.63) is 224 Å². The lowest BCUT2D eigenvalue weighted by Crippen LogP contribution is -1.99. The van der Waals surface area contributed by atoms with Crippen LogP contribution < -0.4 is 0 Å². The van der Waals surface area contributed by atoms with Crippen LogP contribution in [0.2, 0.25) is 0 Å². The Kier molecular flexibility index (Phi) is 7.54. The van der Waals surface area contributed by atoms with Gasteiger partial charge in [0.25, 0.3) is 0 Å². The molecule has 290 valence electrons. The normalized spacial score (nSPS) is 11.9. The van der Waals surface area contributed by atoms with Crippen LogP contribution >= 0.6 is 0 Å². The second-order valence-electron chi connectivity index (χ2n) is 16.0. The van der Waals surface area contributed by atoms with Gasteiger partial charge in [-0.15, -0.1) is 0 Å². The summed E-state index contributed by atoms with van der Waals surface area (Å²) in [6, 6.07) is 80.7. The van der Waals surface area contributed by atoms with Crippen molar-refractivity contribution in [1.29, 1.82) is 0 Å². The summed E-state index contributed by atoms with van der Waals surface area (Å²) >= 11 is 0. The first-order valence-electron chi connectivity index (χ1n) is 21.1. The summed E-state index contributed by atoms with van der Waals surface area (Å²) < 4.78 is 9.55. The fraction of sp³-hybridized carbons (Fsp3) is 0. The van der Waals surface area contributed by atoms with Crippen molar-refractivity contribution in [2.45, 2.75) is 0 Å². The second kappa shape index (κ2) is 13.6. The topological polar surface area (TPSA) is 32.6 Å². The van der Waals surface area contributed by atoms with Gasteiger partial charge in [-0.3, -0.25) is 9.13 Å². The minimum Gasteiger partial charge on any atom is -0.309 e. The molecule has 0 aliphatic heterocycles.